The van der Waals surface area contributed by atoms with Crippen molar-refractivity contribution in [1.82, 2.24) is 20.0 Å². The molecule has 2 aliphatic heterocycles. The highest BCUT2D eigenvalue weighted by Gasteiger charge is 2.21. The number of rotatable bonds is 2. The average molecular weight is 360 g/mol. The molecule has 3 rings (SSSR count). The molecule has 140 valence electrons. The van der Waals surface area contributed by atoms with Crippen molar-refractivity contribution >= 4 is 17.9 Å². The van der Waals surface area contributed by atoms with Gasteiger partial charge in [-0.2, -0.15) is 0 Å². The van der Waals surface area contributed by atoms with E-state index >= 15 is 0 Å². The third-order valence-corrected chi connectivity index (χ3v) is 3.93. The molecule has 0 saturated carbocycles. The van der Waals surface area contributed by atoms with Crippen molar-refractivity contribution in [2.75, 3.05) is 40.3 Å². The number of hydrogen-bond acceptors (Lipinski definition) is 5. The molecule has 0 radical (unpaired) electrons. The maximum atomic E-state index is 11.7. The molecule has 0 bridgehead atoms. The van der Waals surface area contributed by atoms with Gasteiger partial charge in [-0.25, -0.2) is 4.79 Å². The van der Waals surface area contributed by atoms with Crippen LogP contribution in [0.4, 0.5) is 4.79 Å². The van der Waals surface area contributed by atoms with Crippen molar-refractivity contribution in [2.45, 2.75) is 6.61 Å². The zero-order chi connectivity index (χ0) is 18.9. The number of piperazine rings is 1. The lowest BCUT2D eigenvalue weighted by atomic mass is 10.2. The fraction of sp³-hybridized carbons (Fsp3) is 0.389. The molecule has 0 atom stereocenters. The standard InChI is InChI=1S/C13H14N2O3.C5H10N2O/c1-14-7-8-15(9-12(14)16)13(17)18-10-11-5-3-2-4-6-11;1-7-3-2-6-4-5(7)8/h2-8H,9-10H2,1H3;6H,2-4H2,1H3. The molecule has 0 spiro atoms. The Balaban J connectivity index is 0.000000254. The second-order valence-electron chi connectivity index (χ2n) is 5.96. The summed E-state index contributed by atoms with van der Waals surface area (Å²) in [7, 11) is 3.47. The van der Waals surface area contributed by atoms with Crippen LogP contribution in [0, 0.1) is 0 Å². The first kappa shape index (κ1) is 19.5. The molecule has 26 heavy (non-hydrogen) atoms. The summed E-state index contributed by atoms with van der Waals surface area (Å²) in [4.78, 5) is 38.2. The number of carbonyl (C=O) groups excluding carboxylic acids is 3. The molecule has 2 heterocycles. The lowest BCUT2D eigenvalue weighted by Crippen LogP contribution is -2.45. The molecule has 2 aliphatic rings. The summed E-state index contributed by atoms with van der Waals surface area (Å²) in [5.74, 6) is 0.0467. The van der Waals surface area contributed by atoms with Crippen molar-refractivity contribution in [3.8, 4) is 0 Å². The van der Waals surface area contributed by atoms with Gasteiger partial charge < -0.3 is 19.9 Å². The highest BCUT2D eigenvalue weighted by atomic mass is 16.6. The van der Waals surface area contributed by atoms with Crippen LogP contribution < -0.4 is 5.32 Å². The first-order chi connectivity index (χ1) is 12.5. The van der Waals surface area contributed by atoms with Gasteiger partial charge in [-0.05, 0) is 5.56 Å². The molecule has 1 aromatic rings. The SMILES string of the molecule is CN1C=CN(C(=O)OCc2ccccc2)CC1=O.CN1CCNCC1=O. The molecule has 0 aromatic heterocycles. The summed E-state index contributed by atoms with van der Waals surface area (Å²) in [6, 6.07) is 9.40. The van der Waals surface area contributed by atoms with Gasteiger partial charge in [0.05, 0.1) is 6.54 Å². The average Bonchev–Trinajstić information content (AvgIpc) is 2.66. The van der Waals surface area contributed by atoms with Crippen LogP contribution in [0.1, 0.15) is 5.56 Å². The van der Waals surface area contributed by atoms with Gasteiger partial charge >= 0.3 is 6.09 Å². The van der Waals surface area contributed by atoms with E-state index in [4.69, 9.17) is 4.74 Å². The minimum atomic E-state index is -0.517. The van der Waals surface area contributed by atoms with Gasteiger partial charge in [0.25, 0.3) is 0 Å². The maximum absolute atomic E-state index is 11.7. The molecule has 0 aliphatic carbocycles. The molecule has 8 heteroatoms. The van der Waals surface area contributed by atoms with Crippen LogP contribution >= 0.6 is 0 Å². The summed E-state index contributed by atoms with van der Waals surface area (Å²) >= 11 is 0. The van der Waals surface area contributed by atoms with Crippen LogP contribution in [-0.2, 0) is 20.9 Å². The fourth-order valence-corrected chi connectivity index (χ4v) is 2.20. The second kappa shape index (κ2) is 9.57. The zero-order valence-corrected chi connectivity index (χ0v) is 15.1. The van der Waals surface area contributed by atoms with E-state index in [0.29, 0.717) is 6.54 Å². The maximum Gasteiger partial charge on any atom is 0.414 e. The predicted octanol–water partition coefficient (Wildman–Crippen LogP) is 0.616. The number of hydrogen-bond donors (Lipinski definition) is 1. The van der Waals surface area contributed by atoms with Crippen LogP contribution in [0.3, 0.4) is 0 Å². The Hall–Kier alpha value is -2.87. The van der Waals surface area contributed by atoms with Crippen molar-refractivity contribution in [2.24, 2.45) is 0 Å². The summed E-state index contributed by atoms with van der Waals surface area (Å²) < 4.78 is 5.12. The van der Waals surface area contributed by atoms with Crippen molar-refractivity contribution in [1.29, 1.82) is 0 Å². The van der Waals surface area contributed by atoms with Gasteiger partial charge in [0.2, 0.25) is 11.8 Å². The van der Waals surface area contributed by atoms with Crippen molar-refractivity contribution in [3.05, 3.63) is 48.3 Å². The minimum absolute atomic E-state index is 0.0145. The lowest BCUT2D eigenvalue weighted by molar-refractivity contribution is -0.130. The van der Waals surface area contributed by atoms with E-state index in [9.17, 15) is 14.4 Å². The third-order valence-electron chi connectivity index (χ3n) is 3.93. The summed E-state index contributed by atoms with van der Waals surface area (Å²) in [5, 5.41) is 2.97. The second-order valence-corrected chi connectivity index (χ2v) is 5.96. The Morgan fingerprint density at radius 2 is 1.85 bits per heavy atom. The summed E-state index contributed by atoms with van der Waals surface area (Å²) in [6.07, 6.45) is 2.56. The van der Waals surface area contributed by atoms with Gasteiger partial charge in [0, 0.05) is 39.6 Å². The Kier molecular flexibility index (Phi) is 7.16. The number of benzene rings is 1. The Morgan fingerprint density at radius 3 is 2.42 bits per heavy atom. The Bertz CT molecular complexity index is 662. The van der Waals surface area contributed by atoms with Crippen molar-refractivity contribution < 1.29 is 19.1 Å². The topological polar surface area (TPSA) is 82.2 Å². The van der Waals surface area contributed by atoms with Crippen LogP contribution in [0.2, 0.25) is 0 Å². The number of nitrogens with one attached hydrogen (secondary N) is 1. The Labute approximate surface area is 153 Å². The van der Waals surface area contributed by atoms with E-state index in [1.165, 1.54) is 22.2 Å². The van der Waals surface area contributed by atoms with Gasteiger partial charge in [0.1, 0.15) is 13.2 Å². The van der Waals surface area contributed by atoms with Crippen molar-refractivity contribution in [3.63, 3.8) is 0 Å². The molecule has 0 unspecified atom stereocenters. The fourth-order valence-electron chi connectivity index (χ4n) is 2.20. The number of ether oxygens (including phenoxy) is 1. The first-order valence-electron chi connectivity index (χ1n) is 8.33. The lowest BCUT2D eigenvalue weighted by Gasteiger charge is -2.25. The highest BCUT2D eigenvalue weighted by Crippen LogP contribution is 2.07. The molecule has 1 fully saturated rings. The number of likely N-dealkylation sites (N-methyl/N-ethyl adjacent to an activating group) is 2. The van der Waals surface area contributed by atoms with E-state index in [0.717, 1.165) is 18.7 Å². The quantitative estimate of drug-likeness (QED) is 0.836. The zero-order valence-electron chi connectivity index (χ0n) is 15.1. The first-order valence-corrected chi connectivity index (χ1v) is 8.33. The molecular formula is C18H24N4O4. The van der Waals surface area contributed by atoms with E-state index in [2.05, 4.69) is 5.32 Å². The van der Waals surface area contributed by atoms with E-state index in [1.807, 2.05) is 37.4 Å². The Morgan fingerprint density at radius 1 is 1.12 bits per heavy atom. The predicted molar refractivity (Wildman–Crippen MR) is 95.7 cm³/mol. The largest absolute Gasteiger partial charge is 0.444 e. The van der Waals surface area contributed by atoms with Gasteiger partial charge in [0.15, 0.2) is 0 Å². The van der Waals surface area contributed by atoms with Gasteiger partial charge in [-0.15, -0.1) is 0 Å². The van der Waals surface area contributed by atoms with Gasteiger partial charge in [-0.1, -0.05) is 30.3 Å². The van der Waals surface area contributed by atoms with E-state index in [1.54, 1.807) is 11.9 Å². The van der Waals surface area contributed by atoms with E-state index < -0.39 is 6.09 Å². The number of amides is 3. The summed E-state index contributed by atoms with van der Waals surface area (Å²) in [6.45, 7) is 2.51. The van der Waals surface area contributed by atoms with Gasteiger partial charge in [-0.3, -0.25) is 14.5 Å². The smallest absolute Gasteiger partial charge is 0.414 e. The molecule has 1 aromatic carbocycles. The molecule has 1 saturated heterocycles. The van der Waals surface area contributed by atoms with Crippen LogP contribution in [0.15, 0.2) is 42.7 Å². The third kappa shape index (κ3) is 5.89. The highest BCUT2D eigenvalue weighted by molar-refractivity contribution is 5.84. The molecular weight excluding hydrogens is 336 g/mol. The van der Waals surface area contributed by atoms with Crippen LogP contribution in [0.5, 0.6) is 0 Å². The molecule has 3 amide bonds. The van der Waals surface area contributed by atoms with Crippen LogP contribution in [-0.4, -0.2) is 72.9 Å². The number of carbonyl (C=O) groups is 3. The minimum Gasteiger partial charge on any atom is -0.444 e. The van der Waals surface area contributed by atoms with E-state index in [-0.39, 0.29) is 25.0 Å². The molecule has 8 nitrogen and oxygen atoms in total. The normalized spacial score (nSPS) is 16.9. The number of nitrogens with zero attached hydrogens (tertiary/aromatic N) is 3. The molecule has 1 N–H and O–H groups in total. The van der Waals surface area contributed by atoms with Crippen LogP contribution in [0.25, 0.3) is 0 Å². The monoisotopic (exact) mass is 360 g/mol. The summed E-state index contributed by atoms with van der Waals surface area (Å²) in [5.41, 5.74) is 0.912.